The molecule has 1 unspecified atom stereocenters. The van der Waals surface area contributed by atoms with Gasteiger partial charge in [-0.15, -0.1) is 0 Å². The molecule has 1 rings (SSSR count). The highest BCUT2D eigenvalue weighted by atomic mass is 32.2. The number of thioether (sulfide) groups is 1. The minimum Gasteiger partial charge on any atom is -0.472 e. The molecule has 0 aliphatic carbocycles. The molecule has 0 saturated carbocycles. The molecule has 12 heavy (non-hydrogen) atoms. The van der Waals surface area contributed by atoms with E-state index in [0.29, 0.717) is 0 Å². The average molecular weight is 185 g/mol. The van der Waals surface area contributed by atoms with Gasteiger partial charge in [-0.3, -0.25) is 0 Å². The largest absolute Gasteiger partial charge is 0.472 e. The van der Waals surface area contributed by atoms with Gasteiger partial charge in [-0.2, -0.15) is 11.8 Å². The van der Waals surface area contributed by atoms with Crippen LogP contribution in [0.15, 0.2) is 23.0 Å². The van der Waals surface area contributed by atoms with Gasteiger partial charge >= 0.3 is 0 Å². The van der Waals surface area contributed by atoms with Crippen molar-refractivity contribution in [3.63, 3.8) is 0 Å². The van der Waals surface area contributed by atoms with Crippen molar-refractivity contribution in [3.05, 3.63) is 24.2 Å². The molecule has 1 atom stereocenters. The lowest BCUT2D eigenvalue weighted by Crippen LogP contribution is -2.23. The lowest BCUT2D eigenvalue weighted by molar-refractivity contribution is 0.559. The van der Waals surface area contributed by atoms with Crippen LogP contribution in [-0.2, 0) is 6.42 Å². The Morgan fingerprint density at radius 3 is 3.08 bits per heavy atom. The van der Waals surface area contributed by atoms with E-state index in [-0.39, 0.29) is 6.04 Å². The van der Waals surface area contributed by atoms with Crippen LogP contribution in [0, 0.1) is 0 Å². The summed E-state index contributed by atoms with van der Waals surface area (Å²) in [6.07, 6.45) is 7.56. The molecule has 0 spiro atoms. The van der Waals surface area contributed by atoms with E-state index >= 15 is 0 Å². The van der Waals surface area contributed by atoms with Gasteiger partial charge in [0.25, 0.3) is 0 Å². The Balaban J connectivity index is 2.22. The lowest BCUT2D eigenvalue weighted by atomic mass is 10.1. The second-order valence-electron chi connectivity index (χ2n) is 2.88. The number of furan rings is 1. The highest BCUT2D eigenvalue weighted by Crippen LogP contribution is 2.06. The monoisotopic (exact) mass is 185 g/mol. The number of nitrogens with two attached hydrogens (primary N) is 1. The van der Waals surface area contributed by atoms with Gasteiger partial charge in [-0.1, -0.05) is 0 Å². The molecule has 0 saturated heterocycles. The second kappa shape index (κ2) is 5.27. The Labute approximate surface area is 77.5 Å². The first-order valence-corrected chi connectivity index (χ1v) is 5.48. The third kappa shape index (κ3) is 3.32. The zero-order valence-corrected chi connectivity index (χ0v) is 8.14. The minimum absolute atomic E-state index is 0.273. The maximum Gasteiger partial charge on any atom is 0.0935 e. The first kappa shape index (κ1) is 9.68. The zero-order chi connectivity index (χ0) is 8.81. The van der Waals surface area contributed by atoms with E-state index in [4.69, 9.17) is 10.2 Å². The molecule has 3 heteroatoms. The second-order valence-corrected chi connectivity index (χ2v) is 3.86. The van der Waals surface area contributed by atoms with Gasteiger partial charge in [0.1, 0.15) is 0 Å². The maximum absolute atomic E-state index is 5.90. The fraction of sp³-hybridized carbons (Fsp3) is 0.556. The van der Waals surface area contributed by atoms with Gasteiger partial charge in [0, 0.05) is 6.04 Å². The van der Waals surface area contributed by atoms with Crippen LogP contribution in [0.5, 0.6) is 0 Å². The van der Waals surface area contributed by atoms with Gasteiger partial charge < -0.3 is 10.2 Å². The SMILES string of the molecule is CSCCC(N)Cc1ccoc1. The third-order valence-electron chi connectivity index (χ3n) is 1.77. The molecule has 0 amide bonds. The fourth-order valence-corrected chi connectivity index (χ4v) is 1.62. The van der Waals surface area contributed by atoms with Crippen molar-refractivity contribution in [3.8, 4) is 0 Å². The van der Waals surface area contributed by atoms with Crippen LogP contribution in [0.2, 0.25) is 0 Å². The van der Waals surface area contributed by atoms with Crippen molar-refractivity contribution < 1.29 is 4.42 Å². The van der Waals surface area contributed by atoms with E-state index in [9.17, 15) is 0 Å². The summed E-state index contributed by atoms with van der Waals surface area (Å²) in [6.45, 7) is 0. The summed E-state index contributed by atoms with van der Waals surface area (Å²) in [7, 11) is 0. The van der Waals surface area contributed by atoms with Crippen molar-refractivity contribution in [2.75, 3.05) is 12.0 Å². The van der Waals surface area contributed by atoms with Crippen LogP contribution >= 0.6 is 11.8 Å². The van der Waals surface area contributed by atoms with E-state index in [1.54, 1.807) is 12.5 Å². The smallest absolute Gasteiger partial charge is 0.0935 e. The van der Waals surface area contributed by atoms with Crippen molar-refractivity contribution in [2.24, 2.45) is 5.73 Å². The Morgan fingerprint density at radius 1 is 1.67 bits per heavy atom. The fourth-order valence-electron chi connectivity index (χ4n) is 1.08. The summed E-state index contributed by atoms with van der Waals surface area (Å²) in [5.74, 6) is 1.14. The molecule has 68 valence electrons. The average Bonchev–Trinajstić information content (AvgIpc) is 2.53. The van der Waals surface area contributed by atoms with Crippen molar-refractivity contribution >= 4 is 11.8 Å². The Kier molecular flexibility index (Phi) is 4.25. The summed E-state index contributed by atoms with van der Waals surface area (Å²) in [4.78, 5) is 0. The number of rotatable bonds is 5. The minimum atomic E-state index is 0.273. The summed E-state index contributed by atoms with van der Waals surface area (Å²) in [6, 6.07) is 2.24. The van der Waals surface area contributed by atoms with E-state index in [0.717, 1.165) is 18.6 Å². The molecule has 2 nitrogen and oxygen atoms in total. The molecule has 0 bridgehead atoms. The quantitative estimate of drug-likeness (QED) is 0.761. The zero-order valence-electron chi connectivity index (χ0n) is 7.32. The molecular weight excluding hydrogens is 170 g/mol. The van der Waals surface area contributed by atoms with E-state index < -0.39 is 0 Å². The van der Waals surface area contributed by atoms with Crippen LogP contribution in [0.1, 0.15) is 12.0 Å². The molecular formula is C9H15NOS. The topological polar surface area (TPSA) is 39.2 Å². The lowest BCUT2D eigenvalue weighted by Gasteiger charge is -2.08. The summed E-state index contributed by atoms with van der Waals surface area (Å²) < 4.78 is 4.96. The van der Waals surface area contributed by atoms with Crippen LogP contribution in [0.3, 0.4) is 0 Å². The predicted octanol–water partition coefficient (Wildman–Crippen LogP) is 1.90. The highest BCUT2D eigenvalue weighted by molar-refractivity contribution is 7.98. The van der Waals surface area contributed by atoms with E-state index in [1.165, 1.54) is 5.56 Å². The van der Waals surface area contributed by atoms with Gasteiger partial charge in [-0.25, -0.2) is 0 Å². The molecule has 1 aromatic rings. The van der Waals surface area contributed by atoms with Crippen LogP contribution in [0.4, 0.5) is 0 Å². The number of hydrogen-bond donors (Lipinski definition) is 1. The Morgan fingerprint density at radius 2 is 2.50 bits per heavy atom. The van der Waals surface area contributed by atoms with Gasteiger partial charge in [0.2, 0.25) is 0 Å². The Hall–Kier alpha value is -0.410. The van der Waals surface area contributed by atoms with Gasteiger partial charge in [-0.05, 0) is 36.5 Å². The molecule has 0 aliphatic heterocycles. The van der Waals surface area contributed by atoms with Crippen LogP contribution in [0.25, 0.3) is 0 Å². The van der Waals surface area contributed by atoms with Gasteiger partial charge in [0.15, 0.2) is 0 Å². The standard InChI is InChI=1S/C9H15NOS/c1-12-5-3-9(10)6-8-2-4-11-7-8/h2,4,7,9H,3,5-6,10H2,1H3. The maximum atomic E-state index is 5.90. The van der Waals surface area contributed by atoms with Crippen molar-refractivity contribution in [2.45, 2.75) is 18.9 Å². The Bertz CT molecular complexity index is 198. The first-order chi connectivity index (χ1) is 5.83. The number of hydrogen-bond acceptors (Lipinski definition) is 3. The van der Waals surface area contributed by atoms with Crippen molar-refractivity contribution in [1.29, 1.82) is 0 Å². The molecule has 0 aromatic carbocycles. The highest BCUT2D eigenvalue weighted by Gasteiger charge is 2.03. The van der Waals surface area contributed by atoms with Crippen molar-refractivity contribution in [1.82, 2.24) is 0 Å². The third-order valence-corrected chi connectivity index (χ3v) is 2.41. The normalized spacial score (nSPS) is 13.2. The molecule has 0 aliphatic rings. The summed E-state index contributed by atoms with van der Waals surface area (Å²) >= 11 is 1.84. The summed E-state index contributed by atoms with van der Waals surface area (Å²) in [5, 5.41) is 0. The van der Waals surface area contributed by atoms with E-state index in [2.05, 4.69) is 6.26 Å². The predicted molar refractivity (Wildman–Crippen MR) is 53.4 cm³/mol. The molecule has 0 radical (unpaired) electrons. The molecule has 1 heterocycles. The van der Waals surface area contributed by atoms with Crippen LogP contribution in [-0.4, -0.2) is 18.1 Å². The van der Waals surface area contributed by atoms with E-state index in [1.807, 2.05) is 17.8 Å². The first-order valence-electron chi connectivity index (χ1n) is 4.08. The van der Waals surface area contributed by atoms with Gasteiger partial charge in [0.05, 0.1) is 12.5 Å². The molecule has 1 aromatic heterocycles. The molecule has 2 N–H and O–H groups in total. The van der Waals surface area contributed by atoms with Crippen LogP contribution < -0.4 is 5.73 Å². The molecule has 0 fully saturated rings. The summed E-state index contributed by atoms with van der Waals surface area (Å²) in [5.41, 5.74) is 7.09.